The fourth-order valence-electron chi connectivity index (χ4n) is 3.02. The van der Waals surface area contributed by atoms with Gasteiger partial charge in [0.1, 0.15) is 4.90 Å². The zero-order valence-corrected chi connectivity index (χ0v) is 20.2. The Morgan fingerprint density at radius 2 is 1.46 bits per heavy atom. The van der Waals surface area contributed by atoms with E-state index in [0.717, 1.165) is 0 Å². The Bertz CT molecular complexity index is 1410. The molecule has 3 rings (SSSR count). The van der Waals surface area contributed by atoms with E-state index in [1.54, 1.807) is 37.3 Å². The number of hydrogen-bond acceptors (Lipinski definition) is 7. The van der Waals surface area contributed by atoms with Gasteiger partial charge >= 0.3 is 12.0 Å². The Morgan fingerprint density at radius 1 is 0.829 bits per heavy atom. The molecule has 0 aliphatic carbocycles. The number of carbonyl (C=O) groups is 2. The van der Waals surface area contributed by atoms with Crippen LogP contribution in [-0.4, -0.2) is 35.4 Å². The number of sulfonamides is 2. The van der Waals surface area contributed by atoms with E-state index < -0.39 is 37.8 Å². The maximum Gasteiger partial charge on any atom is 0.338 e. The lowest BCUT2D eigenvalue weighted by molar-refractivity contribution is 0.0526. The Labute approximate surface area is 203 Å². The predicted octanol–water partition coefficient (Wildman–Crippen LogP) is 3.32. The van der Waals surface area contributed by atoms with Crippen molar-refractivity contribution in [2.75, 3.05) is 16.6 Å². The molecule has 0 saturated carbocycles. The lowest BCUT2D eigenvalue weighted by Crippen LogP contribution is -2.35. The van der Waals surface area contributed by atoms with Crippen LogP contribution >= 0.6 is 0 Å². The Balaban J connectivity index is 1.73. The summed E-state index contributed by atoms with van der Waals surface area (Å²) in [5.41, 5.74) is 0.775. The van der Waals surface area contributed by atoms with Gasteiger partial charge < -0.3 is 10.1 Å². The second-order valence-corrected chi connectivity index (χ2v) is 10.6. The van der Waals surface area contributed by atoms with Crippen molar-refractivity contribution in [2.24, 2.45) is 0 Å². The van der Waals surface area contributed by atoms with Crippen molar-refractivity contribution in [1.82, 2.24) is 4.72 Å². The van der Waals surface area contributed by atoms with Gasteiger partial charge in [-0.2, -0.15) is 0 Å². The highest BCUT2D eigenvalue weighted by atomic mass is 32.2. The van der Waals surface area contributed by atoms with Crippen molar-refractivity contribution in [3.8, 4) is 0 Å². The first-order valence-corrected chi connectivity index (χ1v) is 13.5. The molecule has 3 aromatic carbocycles. The van der Waals surface area contributed by atoms with Gasteiger partial charge in [0.15, 0.2) is 0 Å². The van der Waals surface area contributed by atoms with E-state index in [-0.39, 0.29) is 28.4 Å². The van der Waals surface area contributed by atoms with E-state index in [1.807, 2.05) is 4.72 Å². The SMILES string of the molecule is CCOC(=O)c1ccc(NS(=O)(=O)c2ccccc2NC(=O)NS(=O)(=O)Cc2ccccc2)cc1. The minimum Gasteiger partial charge on any atom is -0.462 e. The van der Waals surface area contributed by atoms with E-state index >= 15 is 0 Å². The van der Waals surface area contributed by atoms with E-state index in [2.05, 4.69) is 10.0 Å². The van der Waals surface area contributed by atoms with Crippen LogP contribution in [0, 0.1) is 0 Å². The predicted molar refractivity (Wildman–Crippen MR) is 131 cm³/mol. The highest BCUT2D eigenvalue weighted by molar-refractivity contribution is 7.93. The molecule has 10 nitrogen and oxygen atoms in total. The van der Waals surface area contributed by atoms with E-state index in [0.29, 0.717) is 5.56 Å². The standard InChI is InChI=1S/C23H23N3O7S2/c1-2-33-22(27)18-12-14-19(15-13-18)25-35(31,32)21-11-7-6-10-20(21)24-23(28)26-34(29,30)16-17-8-4-3-5-9-17/h3-15,25H,2,16H2,1H3,(H2,24,26,28). The van der Waals surface area contributed by atoms with Crippen LogP contribution in [0.1, 0.15) is 22.8 Å². The fourth-order valence-corrected chi connectivity index (χ4v) is 5.28. The monoisotopic (exact) mass is 517 g/mol. The molecule has 0 heterocycles. The Morgan fingerprint density at radius 3 is 2.11 bits per heavy atom. The summed E-state index contributed by atoms with van der Waals surface area (Å²) in [5.74, 6) is -0.963. The molecule has 0 aromatic heterocycles. The minimum absolute atomic E-state index is 0.129. The number of ether oxygens (including phenoxy) is 1. The lowest BCUT2D eigenvalue weighted by Gasteiger charge is -2.14. The first-order valence-electron chi connectivity index (χ1n) is 10.3. The summed E-state index contributed by atoms with van der Waals surface area (Å²) in [7, 11) is -8.21. The number of para-hydroxylation sites is 1. The van der Waals surface area contributed by atoms with Crippen molar-refractivity contribution in [3.05, 3.63) is 90.0 Å². The van der Waals surface area contributed by atoms with Gasteiger partial charge in [-0.25, -0.2) is 31.1 Å². The smallest absolute Gasteiger partial charge is 0.338 e. The summed E-state index contributed by atoms with van der Waals surface area (Å²) >= 11 is 0. The molecule has 0 aliphatic heterocycles. The Kier molecular flexibility index (Phi) is 8.10. The Hall–Kier alpha value is -3.90. The minimum atomic E-state index is -4.18. The van der Waals surface area contributed by atoms with Gasteiger partial charge in [-0.05, 0) is 48.9 Å². The third-order valence-electron chi connectivity index (χ3n) is 4.52. The molecule has 0 aliphatic rings. The lowest BCUT2D eigenvalue weighted by atomic mass is 10.2. The number of nitrogens with one attached hydrogen (secondary N) is 3. The van der Waals surface area contributed by atoms with Crippen molar-refractivity contribution >= 4 is 43.4 Å². The topological polar surface area (TPSA) is 148 Å². The number of rotatable bonds is 9. The molecule has 0 radical (unpaired) electrons. The quantitative estimate of drug-likeness (QED) is 0.369. The molecule has 3 N–H and O–H groups in total. The van der Waals surface area contributed by atoms with Gasteiger partial charge in [0.05, 0.1) is 23.6 Å². The van der Waals surface area contributed by atoms with Crippen LogP contribution in [0.4, 0.5) is 16.2 Å². The van der Waals surface area contributed by atoms with Crippen molar-refractivity contribution in [1.29, 1.82) is 0 Å². The third-order valence-corrected chi connectivity index (χ3v) is 7.17. The highest BCUT2D eigenvalue weighted by Crippen LogP contribution is 2.24. The third kappa shape index (κ3) is 7.29. The van der Waals surface area contributed by atoms with Crippen molar-refractivity contribution < 1.29 is 31.2 Å². The second-order valence-electron chi connectivity index (χ2n) is 7.20. The van der Waals surface area contributed by atoms with Gasteiger partial charge in [0, 0.05) is 5.69 Å². The van der Waals surface area contributed by atoms with Crippen LogP contribution in [0.3, 0.4) is 0 Å². The zero-order valence-electron chi connectivity index (χ0n) is 18.6. The van der Waals surface area contributed by atoms with E-state index in [9.17, 15) is 26.4 Å². The molecule has 12 heteroatoms. The molecule has 0 unspecified atom stereocenters. The number of urea groups is 1. The van der Waals surface area contributed by atoms with Gasteiger partial charge in [0.25, 0.3) is 10.0 Å². The molecule has 0 bridgehead atoms. The molecule has 2 amide bonds. The van der Waals surface area contributed by atoms with E-state index in [4.69, 9.17) is 4.74 Å². The number of benzene rings is 3. The summed E-state index contributed by atoms with van der Waals surface area (Å²) in [6, 6.07) is 18.3. The van der Waals surface area contributed by atoms with Crippen LogP contribution in [0.5, 0.6) is 0 Å². The van der Waals surface area contributed by atoms with Gasteiger partial charge in [-0.3, -0.25) is 4.72 Å². The van der Waals surface area contributed by atoms with Crippen LogP contribution in [0.25, 0.3) is 0 Å². The summed E-state index contributed by atoms with van der Waals surface area (Å²) in [5, 5.41) is 2.27. The highest BCUT2D eigenvalue weighted by Gasteiger charge is 2.22. The molecule has 184 valence electrons. The molecule has 0 fully saturated rings. The van der Waals surface area contributed by atoms with Crippen LogP contribution in [-0.2, 0) is 30.5 Å². The number of anilines is 2. The largest absolute Gasteiger partial charge is 0.462 e. The number of amides is 2. The zero-order chi connectivity index (χ0) is 25.5. The summed E-state index contributed by atoms with van der Waals surface area (Å²) in [6.07, 6.45) is 0. The first-order chi connectivity index (χ1) is 16.6. The maximum absolute atomic E-state index is 13.0. The molecule has 0 saturated heterocycles. The molecular formula is C23H23N3O7S2. The second kappa shape index (κ2) is 11.0. The van der Waals surface area contributed by atoms with Gasteiger partial charge in [-0.1, -0.05) is 42.5 Å². The average molecular weight is 518 g/mol. The molecule has 35 heavy (non-hydrogen) atoms. The van der Waals surface area contributed by atoms with Crippen molar-refractivity contribution in [3.63, 3.8) is 0 Å². The summed E-state index contributed by atoms with van der Waals surface area (Å²) in [4.78, 5) is 23.8. The average Bonchev–Trinajstić information content (AvgIpc) is 2.79. The molecule has 0 atom stereocenters. The van der Waals surface area contributed by atoms with Crippen LogP contribution in [0.15, 0.2) is 83.8 Å². The summed E-state index contributed by atoms with van der Waals surface area (Å²) < 4.78 is 59.6. The normalized spacial score (nSPS) is 11.3. The molecule has 0 spiro atoms. The van der Waals surface area contributed by atoms with E-state index in [1.165, 1.54) is 48.5 Å². The fraction of sp³-hybridized carbons (Fsp3) is 0.130. The van der Waals surface area contributed by atoms with Gasteiger partial charge in [0.2, 0.25) is 10.0 Å². The van der Waals surface area contributed by atoms with Crippen molar-refractivity contribution in [2.45, 2.75) is 17.6 Å². The number of esters is 1. The number of carbonyl (C=O) groups excluding carboxylic acids is 2. The maximum atomic E-state index is 13.0. The number of hydrogen-bond donors (Lipinski definition) is 3. The van der Waals surface area contributed by atoms with Crippen LogP contribution in [0.2, 0.25) is 0 Å². The summed E-state index contributed by atoms with van der Waals surface area (Å²) in [6.45, 7) is 1.88. The van der Waals surface area contributed by atoms with Crippen LogP contribution < -0.4 is 14.8 Å². The van der Waals surface area contributed by atoms with Gasteiger partial charge in [-0.15, -0.1) is 0 Å². The molecule has 3 aromatic rings. The molecular weight excluding hydrogens is 494 g/mol. The first kappa shape index (κ1) is 25.7.